The van der Waals surface area contributed by atoms with Crippen molar-refractivity contribution in [2.24, 2.45) is 11.8 Å². The molecule has 0 spiro atoms. The molecular formula is C13H25ClO. The molecule has 0 aliphatic heterocycles. The molecule has 0 saturated heterocycles. The molecule has 0 N–H and O–H groups in total. The highest BCUT2D eigenvalue weighted by Crippen LogP contribution is 2.23. The average Bonchev–Trinajstić information content (AvgIpc) is 2.26. The average molecular weight is 233 g/mol. The van der Waals surface area contributed by atoms with Crippen LogP contribution in [0.5, 0.6) is 0 Å². The Morgan fingerprint density at radius 1 is 1.20 bits per heavy atom. The van der Waals surface area contributed by atoms with Crippen LogP contribution in [0.3, 0.4) is 0 Å². The molecule has 0 aromatic rings. The molecule has 1 nitrogen and oxygen atoms in total. The molecule has 1 saturated carbocycles. The SMILES string of the molecule is CC(CCCl)CCOCC1CCCCC1. The lowest BCUT2D eigenvalue weighted by Crippen LogP contribution is -2.14. The highest BCUT2D eigenvalue weighted by molar-refractivity contribution is 6.17. The zero-order chi connectivity index (χ0) is 10.9. The summed E-state index contributed by atoms with van der Waals surface area (Å²) >= 11 is 5.69. The summed E-state index contributed by atoms with van der Waals surface area (Å²) in [6, 6.07) is 0. The summed E-state index contributed by atoms with van der Waals surface area (Å²) in [5, 5.41) is 0. The number of hydrogen-bond donors (Lipinski definition) is 0. The van der Waals surface area contributed by atoms with Crippen molar-refractivity contribution in [1.82, 2.24) is 0 Å². The zero-order valence-electron chi connectivity index (χ0n) is 10.0. The number of ether oxygens (including phenoxy) is 1. The second-order valence-corrected chi connectivity index (χ2v) is 5.33. The first kappa shape index (κ1) is 13.3. The van der Waals surface area contributed by atoms with Gasteiger partial charge in [0.05, 0.1) is 0 Å². The zero-order valence-corrected chi connectivity index (χ0v) is 10.8. The molecule has 1 atom stereocenters. The molecular weight excluding hydrogens is 208 g/mol. The van der Waals surface area contributed by atoms with Gasteiger partial charge in [-0.2, -0.15) is 0 Å². The van der Waals surface area contributed by atoms with Gasteiger partial charge >= 0.3 is 0 Å². The summed E-state index contributed by atoms with van der Waals surface area (Å²) in [5.74, 6) is 2.35. The van der Waals surface area contributed by atoms with Crippen LogP contribution in [0.1, 0.15) is 51.9 Å². The van der Waals surface area contributed by atoms with E-state index in [4.69, 9.17) is 16.3 Å². The van der Waals surface area contributed by atoms with Crippen molar-refractivity contribution in [1.29, 1.82) is 0 Å². The molecule has 0 bridgehead atoms. The van der Waals surface area contributed by atoms with Gasteiger partial charge in [-0.05, 0) is 37.5 Å². The van der Waals surface area contributed by atoms with Gasteiger partial charge in [-0.15, -0.1) is 11.6 Å². The van der Waals surface area contributed by atoms with Crippen molar-refractivity contribution in [3.63, 3.8) is 0 Å². The molecule has 0 heterocycles. The summed E-state index contributed by atoms with van der Waals surface area (Å²) in [7, 11) is 0. The normalized spacial score (nSPS) is 20.4. The van der Waals surface area contributed by atoms with E-state index >= 15 is 0 Å². The molecule has 90 valence electrons. The van der Waals surface area contributed by atoms with Gasteiger partial charge in [-0.1, -0.05) is 26.2 Å². The van der Waals surface area contributed by atoms with Gasteiger partial charge < -0.3 is 4.74 Å². The van der Waals surface area contributed by atoms with E-state index in [0.717, 1.165) is 31.4 Å². The fraction of sp³-hybridized carbons (Fsp3) is 1.00. The van der Waals surface area contributed by atoms with Gasteiger partial charge in [0, 0.05) is 19.1 Å². The first-order chi connectivity index (χ1) is 7.33. The minimum Gasteiger partial charge on any atom is -0.381 e. The van der Waals surface area contributed by atoms with Crippen molar-refractivity contribution in [2.75, 3.05) is 19.1 Å². The van der Waals surface area contributed by atoms with Gasteiger partial charge in [-0.3, -0.25) is 0 Å². The molecule has 1 aliphatic carbocycles. The maximum absolute atomic E-state index is 5.75. The highest BCUT2D eigenvalue weighted by atomic mass is 35.5. The first-order valence-electron chi connectivity index (χ1n) is 6.46. The van der Waals surface area contributed by atoms with Crippen molar-refractivity contribution in [3.8, 4) is 0 Å². The summed E-state index contributed by atoms with van der Waals surface area (Å²) in [6.07, 6.45) is 9.32. The van der Waals surface area contributed by atoms with Gasteiger partial charge in [0.25, 0.3) is 0 Å². The smallest absolute Gasteiger partial charge is 0.0494 e. The Morgan fingerprint density at radius 3 is 2.60 bits per heavy atom. The van der Waals surface area contributed by atoms with E-state index in [-0.39, 0.29) is 0 Å². The predicted octanol–water partition coefficient (Wildman–Crippen LogP) is 4.24. The molecule has 1 aliphatic rings. The molecule has 0 amide bonds. The van der Waals surface area contributed by atoms with Crippen LogP contribution in [0.15, 0.2) is 0 Å². The maximum atomic E-state index is 5.75. The number of rotatable bonds is 7. The molecule has 1 rings (SSSR count). The van der Waals surface area contributed by atoms with Crippen molar-refractivity contribution in [2.45, 2.75) is 51.9 Å². The van der Waals surface area contributed by atoms with Gasteiger partial charge in [0.2, 0.25) is 0 Å². The van der Waals surface area contributed by atoms with Crippen LogP contribution in [0.25, 0.3) is 0 Å². The number of hydrogen-bond acceptors (Lipinski definition) is 1. The summed E-state index contributed by atoms with van der Waals surface area (Å²) < 4.78 is 5.75. The Balaban J connectivity index is 1.91. The van der Waals surface area contributed by atoms with Crippen LogP contribution in [-0.2, 0) is 4.74 Å². The van der Waals surface area contributed by atoms with Crippen LogP contribution in [-0.4, -0.2) is 19.1 Å². The van der Waals surface area contributed by atoms with Gasteiger partial charge in [0.1, 0.15) is 0 Å². The Hall–Kier alpha value is 0.250. The van der Waals surface area contributed by atoms with Crippen LogP contribution in [0.2, 0.25) is 0 Å². The van der Waals surface area contributed by atoms with Crippen molar-refractivity contribution >= 4 is 11.6 Å². The summed E-state index contributed by atoms with van der Waals surface area (Å²) in [5.41, 5.74) is 0. The number of halogens is 1. The largest absolute Gasteiger partial charge is 0.381 e. The second-order valence-electron chi connectivity index (χ2n) is 4.95. The van der Waals surface area contributed by atoms with Crippen LogP contribution < -0.4 is 0 Å². The van der Waals surface area contributed by atoms with Crippen molar-refractivity contribution < 1.29 is 4.74 Å². The standard InChI is InChI=1S/C13H25ClO/c1-12(7-9-14)8-10-15-11-13-5-3-2-4-6-13/h12-13H,2-11H2,1H3. The fourth-order valence-electron chi connectivity index (χ4n) is 2.22. The predicted molar refractivity (Wildman–Crippen MR) is 66.5 cm³/mol. The van der Waals surface area contributed by atoms with Gasteiger partial charge in [0.15, 0.2) is 0 Å². The second kappa shape index (κ2) is 8.41. The minimum absolute atomic E-state index is 0.717. The highest BCUT2D eigenvalue weighted by Gasteiger charge is 2.13. The lowest BCUT2D eigenvalue weighted by Gasteiger charge is -2.21. The molecule has 0 aromatic heterocycles. The van der Waals surface area contributed by atoms with E-state index in [1.807, 2.05) is 0 Å². The summed E-state index contributed by atoms with van der Waals surface area (Å²) in [4.78, 5) is 0. The van der Waals surface area contributed by atoms with E-state index in [1.165, 1.54) is 38.5 Å². The molecule has 15 heavy (non-hydrogen) atoms. The Kier molecular flexibility index (Phi) is 7.46. The Morgan fingerprint density at radius 2 is 1.93 bits per heavy atom. The Bertz CT molecular complexity index is 143. The fourth-order valence-corrected chi connectivity index (χ4v) is 2.59. The molecule has 1 unspecified atom stereocenters. The minimum atomic E-state index is 0.717. The molecule has 0 aromatic carbocycles. The monoisotopic (exact) mass is 232 g/mol. The van der Waals surface area contributed by atoms with E-state index in [1.54, 1.807) is 0 Å². The molecule has 1 fully saturated rings. The van der Waals surface area contributed by atoms with Gasteiger partial charge in [-0.25, -0.2) is 0 Å². The molecule has 0 radical (unpaired) electrons. The van der Waals surface area contributed by atoms with Crippen LogP contribution >= 0.6 is 11.6 Å². The molecule has 2 heteroatoms. The van der Waals surface area contributed by atoms with E-state index in [0.29, 0.717) is 5.92 Å². The number of alkyl halides is 1. The third kappa shape index (κ3) is 6.42. The van der Waals surface area contributed by atoms with Crippen LogP contribution in [0, 0.1) is 11.8 Å². The third-order valence-corrected chi connectivity index (χ3v) is 3.65. The van der Waals surface area contributed by atoms with Crippen LogP contribution in [0.4, 0.5) is 0 Å². The van der Waals surface area contributed by atoms with E-state index in [9.17, 15) is 0 Å². The lowest BCUT2D eigenvalue weighted by molar-refractivity contribution is 0.0768. The topological polar surface area (TPSA) is 9.23 Å². The van der Waals surface area contributed by atoms with Crippen molar-refractivity contribution in [3.05, 3.63) is 0 Å². The quantitative estimate of drug-likeness (QED) is 0.471. The Labute approximate surface area is 99.5 Å². The first-order valence-corrected chi connectivity index (χ1v) is 7.00. The third-order valence-electron chi connectivity index (χ3n) is 3.44. The summed E-state index contributed by atoms with van der Waals surface area (Å²) in [6.45, 7) is 4.18. The lowest BCUT2D eigenvalue weighted by atomic mass is 9.90. The maximum Gasteiger partial charge on any atom is 0.0494 e. The van der Waals surface area contributed by atoms with E-state index in [2.05, 4.69) is 6.92 Å². The van der Waals surface area contributed by atoms with E-state index < -0.39 is 0 Å².